The second kappa shape index (κ2) is 4.64. The summed E-state index contributed by atoms with van der Waals surface area (Å²) in [7, 11) is 0. The lowest BCUT2D eigenvalue weighted by molar-refractivity contribution is 1.67. The van der Waals surface area contributed by atoms with Crippen molar-refractivity contribution >= 4 is 27.2 Å². The van der Waals surface area contributed by atoms with Crippen molar-refractivity contribution in [1.82, 2.24) is 0 Å². The van der Waals surface area contributed by atoms with Crippen molar-refractivity contribution in [1.29, 1.82) is 0 Å². The molecule has 0 atom stereocenters. The molecule has 4 aromatic rings. The fourth-order valence-corrected chi connectivity index (χ4v) is 3.02. The molecule has 1 heteroatoms. The van der Waals surface area contributed by atoms with Gasteiger partial charge in [-0.15, -0.1) is 0 Å². The number of hydrogen-bond donors (Lipinski definition) is 1. The Morgan fingerprint density at radius 1 is 0.524 bits per heavy atom. The van der Waals surface area contributed by atoms with Crippen molar-refractivity contribution in [3.05, 3.63) is 78.9 Å². The average molecular weight is 269 g/mol. The van der Waals surface area contributed by atoms with Gasteiger partial charge in [-0.2, -0.15) is 0 Å². The van der Waals surface area contributed by atoms with E-state index in [9.17, 15) is 0 Å². The molecule has 0 aliphatic rings. The maximum atomic E-state index is 6.11. The van der Waals surface area contributed by atoms with Crippen molar-refractivity contribution in [2.24, 2.45) is 0 Å². The quantitative estimate of drug-likeness (QED) is 0.470. The van der Waals surface area contributed by atoms with Crippen LogP contribution in [0.15, 0.2) is 78.9 Å². The molecule has 0 aliphatic carbocycles. The normalized spacial score (nSPS) is 11.0. The minimum absolute atomic E-state index is 0.802. The van der Waals surface area contributed by atoms with Crippen LogP contribution in [0.3, 0.4) is 0 Å². The molecule has 21 heavy (non-hydrogen) atoms. The minimum atomic E-state index is 0.802. The number of nitrogen functional groups attached to an aromatic ring is 1. The van der Waals surface area contributed by atoms with Gasteiger partial charge in [-0.25, -0.2) is 0 Å². The lowest BCUT2D eigenvalue weighted by Gasteiger charge is -2.11. The molecule has 100 valence electrons. The van der Waals surface area contributed by atoms with Gasteiger partial charge in [-0.05, 0) is 44.8 Å². The fraction of sp³-hybridized carbons (Fsp3) is 0. The fourth-order valence-electron chi connectivity index (χ4n) is 3.02. The Morgan fingerprint density at radius 2 is 1.14 bits per heavy atom. The molecule has 0 aliphatic heterocycles. The van der Waals surface area contributed by atoms with E-state index in [0.717, 1.165) is 5.69 Å². The maximum absolute atomic E-state index is 6.11. The first-order chi connectivity index (χ1) is 10.3. The molecular formula is C20H15N. The second-order valence-electron chi connectivity index (χ2n) is 5.32. The van der Waals surface area contributed by atoms with Crippen LogP contribution in [0, 0.1) is 0 Å². The van der Waals surface area contributed by atoms with Crippen molar-refractivity contribution in [3.8, 4) is 11.1 Å². The van der Waals surface area contributed by atoms with Gasteiger partial charge in [-0.1, -0.05) is 66.7 Å². The van der Waals surface area contributed by atoms with Gasteiger partial charge in [0.15, 0.2) is 0 Å². The van der Waals surface area contributed by atoms with Gasteiger partial charge in [0.25, 0.3) is 0 Å². The Labute approximate surface area is 123 Å². The van der Waals surface area contributed by atoms with E-state index in [4.69, 9.17) is 5.73 Å². The number of anilines is 1. The summed E-state index contributed by atoms with van der Waals surface area (Å²) in [4.78, 5) is 0. The Balaban J connectivity index is 2.14. The summed E-state index contributed by atoms with van der Waals surface area (Å²) in [5.74, 6) is 0. The number of fused-ring (bicyclic) bond motifs is 2. The van der Waals surface area contributed by atoms with Crippen LogP contribution < -0.4 is 5.73 Å². The van der Waals surface area contributed by atoms with E-state index in [-0.39, 0.29) is 0 Å². The zero-order valence-corrected chi connectivity index (χ0v) is 11.6. The van der Waals surface area contributed by atoms with E-state index in [0.29, 0.717) is 0 Å². The highest BCUT2D eigenvalue weighted by molar-refractivity contribution is 6.06. The third-order valence-electron chi connectivity index (χ3n) is 3.96. The highest BCUT2D eigenvalue weighted by Crippen LogP contribution is 2.35. The molecule has 0 saturated carbocycles. The lowest BCUT2D eigenvalue weighted by Crippen LogP contribution is -1.89. The molecule has 0 heterocycles. The first kappa shape index (κ1) is 12.0. The molecular weight excluding hydrogens is 254 g/mol. The van der Waals surface area contributed by atoms with E-state index in [1.807, 2.05) is 6.07 Å². The van der Waals surface area contributed by atoms with Crippen molar-refractivity contribution < 1.29 is 0 Å². The number of hydrogen-bond acceptors (Lipinski definition) is 1. The van der Waals surface area contributed by atoms with Gasteiger partial charge in [0.2, 0.25) is 0 Å². The highest BCUT2D eigenvalue weighted by Gasteiger charge is 2.08. The van der Waals surface area contributed by atoms with Crippen LogP contribution in [0.1, 0.15) is 0 Å². The number of rotatable bonds is 1. The standard InChI is InChI=1S/C20H15N/c21-16-12-15-7-2-4-10-18(15)20(13-16)19-11-5-8-14-6-1-3-9-17(14)19/h1-13H,21H2. The Hall–Kier alpha value is -2.80. The molecule has 4 aromatic carbocycles. The second-order valence-corrected chi connectivity index (χ2v) is 5.32. The molecule has 0 spiro atoms. The maximum Gasteiger partial charge on any atom is 0.0326 e. The average Bonchev–Trinajstić information content (AvgIpc) is 2.53. The van der Waals surface area contributed by atoms with E-state index in [1.165, 1.54) is 32.7 Å². The summed E-state index contributed by atoms with van der Waals surface area (Å²) in [6, 6.07) is 27.4. The van der Waals surface area contributed by atoms with Gasteiger partial charge in [0.1, 0.15) is 0 Å². The minimum Gasteiger partial charge on any atom is -0.399 e. The molecule has 0 aromatic heterocycles. The molecule has 0 fully saturated rings. The Morgan fingerprint density at radius 3 is 1.95 bits per heavy atom. The van der Waals surface area contributed by atoms with Gasteiger partial charge < -0.3 is 5.73 Å². The van der Waals surface area contributed by atoms with Gasteiger partial charge in [-0.3, -0.25) is 0 Å². The zero-order valence-electron chi connectivity index (χ0n) is 11.6. The summed E-state index contributed by atoms with van der Waals surface area (Å²) in [6.45, 7) is 0. The number of benzene rings is 4. The third kappa shape index (κ3) is 1.95. The van der Waals surface area contributed by atoms with Crippen LogP contribution in [-0.4, -0.2) is 0 Å². The van der Waals surface area contributed by atoms with Gasteiger partial charge >= 0.3 is 0 Å². The summed E-state index contributed by atoms with van der Waals surface area (Å²) < 4.78 is 0. The molecule has 0 bridgehead atoms. The molecule has 0 saturated heterocycles. The van der Waals surface area contributed by atoms with E-state index in [2.05, 4.69) is 72.8 Å². The SMILES string of the molecule is Nc1cc(-c2cccc3ccccc23)c2ccccc2c1. The predicted octanol–water partition coefficient (Wildman–Crippen LogP) is 5.24. The molecule has 0 amide bonds. The topological polar surface area (TPSA) is 26.0 Å². The first-order valence-corrected chi connectivity index (χ1v) is 7.09. The smallest absolute Gasteiger partial charge is 0.0326 e. The predicted molar refractivity (Wildman–Crippen MR) is 91.3 cm³/mol. The Kier molecular flexibility index (Phi) is 2.65. The lowest BCUT2D eigenvalue weighted by atomic mass is 9.93. The van der Waals surface area contributed by atoms with E-state index < -0.39 is 0 Å². The molecule has 0 radical (unpaired) electrons. The van der Waals surface area contributed by atoms with Gasteiger partial charge in [0, 0.05) is 5.69 Å². The zero-order chi connectivity index (χ0) is 14.2. The van der Waals surface area contributed by atoms with Crippen molar-refractivity contribution in [3.63, 3.8) is 0 Å². The summed E-state index contributed by atoms with van der Waals surface area (Å²) in [6.07, 6.45) is 0. The van der Waals surface area contributed by atoms with Gasteiger partial charge in [0.05, 0.1) is 0 Å². The van der Waals surface area contributed by atoms with E-state index in [1.54, 1.807) is 0 Å². The van der Waals surface area contributed by atoms with E-state index >= 15 is 0 Å². The number of nitrogens with two attached hydrogens (primary N) is 1. The molecule has 4 rings (SSSR count). The molecule has 0 unspecified atom stereocenters. The first-order valence-electron chi connectivity index (χ1n) is 7.09. The van der Waals surface area contributed by atoms with Crippen LogP contribution >= 0.6 is 0 Å². The summed E-state index contributed by atoms with van der Waals surface area (Å²) >= 11 is 0. The molecule has 1 nitrogen and oxygen atoms in total. The highest BCUT2D eigenvalue weighted by atomic mass is 14.5. The van der Waals surface area contributed by atoms with Crippen LogP contribution in [0.5, 0.6) is 0 Å². The Bertz CT molecular complexity index is 949. The summed E-state index contributed by atoms with van der Waals surface area (Å²) in [5, 5.41) is 4.93. The largest absolute Gasteiger partial charge is 0.399 e. The third-order valence-corrected chi connectivity index (χ3v) is 3.96. The summed E-state index contributed by atoms with van der Waals surface area (Å²) in [5.41, 5.74) is 9.34. The van der Waals surface area contributed by atoms with Crippen molar-refractivity contribution in [2.75, 3.05) is 5.73 Å². The van der Waals surface area contributed by atoms with Crippen LogP contribution in [0.2, 0.25) is 0 Å². The van der Waals surface area contributed by atoms with Crippen LogP contribution in [0.25, 0.3) is 32.7 Å². The van der Waals surface area contributed by atoms with Crippen molar-refractivity contribution in [2.45, 2.75) is 0 Å². The monoisotopic (exact) mass is 269 g/mol. The van der Waals surface area contributed by atoms with Crippen LogP contribution in [0.4, 0.5) is 5.69 Å². The molecule has 2 N–H and O–H groups in total. The van der Waals surface area contributed by atoms with Crippen LogP contribution in [-0.2, 0) is 0 Å².